The van der Waals surface area contributed by atoms with Gasteiger partial charge in [-0.05, 0) is 12.8 Å². The van der Waals surface area contributed by atoms with E-state index in [9.17, 15) is 65.3 Å². The Bertz CT molecular complexity index is 1360. The van der Waals surface area contributed by atoms with Gasteiger partial charge in [-0.3, -0.25) is 13.8 Å². The van der Waals surface area contributed by atoms with Gasteiger partial charge in [-0.15, -0.1) is 0 Å². The minimum absolute atomic E-state index is 0.0908. The molecule has 0 aromatic rings. The van der Waals surface area contributed by atoms with Gasteiger partial charge in [0, 0.05) is 6.42 Å². The second-order valence-electron chi connectivity index (χ2n) is 20.6. The summed E-state index contributed by atoms with van der Waals surface area (Å²) < 4.78 is 34.8. The number of phosphoric acid groups is 1. The van der Waals surface area contributed by atoms with Crippen LogP contribution in [0.5, 0.6) is 0 Å². The summed E-state index contributed by atoms with van der Waals surface area (Å²) in [5.74, 6) is -0.480. The molecule has 2 fully saturated rings. The topological polar surface area (TPSA) is 306 Å². The Hall–Kier alpha value is -0.900. The average molecular weight is 1040 g/mol. The number of hydrogen-bond donors (Lipinski definition) is 12. The highest BCUT2D eigenvalue weighted by Gasteiger charge is 2.55. The molecular weight excluding hydrogens is 942 g/mol. The van der Waals surface area contributed by atoms with Gasteiger partial charge in [-0.25, -0.2) is 4.57 Å². The van der Waals surface area contributed by atoms with Gasteiger partial charge in [-0.1, -0.05) is 206 Å². The summed E-state index contributed by atoms with van der Waals surface area (Å²) in [5.41, 5.74) is 0. The van der Waals surface area contributed by atoms with Crippen molar-refractivity contribution in [1.82, 2.24) is 5.32 Å². The molecule has 0 radical (unpaired) electrons. The monoisotopic (exact) mass is 1040 g/mol. The lowest BCUT2D eigenvalue weighted by Gasteiger charge is -2.47. The zero-order valence-corrected chi connectivity index (χ0v) is 44.5. The molecule has 1 heterocycles. The quantitative estimate of drug-likeness (QED) is 0.0237. The van der Waals surface area contributed by atoms with E-state index in [0.29, 0.717) is 12.8 Å². The van der Waals surface area contributed by atoms with Crippen molar-refractivity contribution in [1.29, 1.82) is 0 Å². The van der Waals surface area contributed by atoms with Gasteiger partial charge < -0.3 is 70.7 Å². The standard InChI is InChI=1S/C52H102NO17P/c1-3-5-7-9-11-13-15-17-19-20-21-23-25-27-29-31-33-35-41(56)53-38(42(57)39(55)34-32-30-28-26-24-22-18-16-14-12-10-8-6-4-2)37-67-71(65,66)70-51-48(63)46(61)45(60)47(62)50(51)69-52-49(64)44(59)43(58)40(36-54)68-52/h38-40,42-52,54-55,57-64H,3-37H2,1-2H3,(H,53,56)(H,65,66)/t38-,39+,40+,42-,43+,44?,45?,46?,47+,48?,49?,50?,51-,52+/m0/s1. The Morgan fingerprint density at radius 3 is 1.34 bits per heavy atom. The van der Waals surface area contributed by atoms with Crippen LogP contribution in [0.3, 0.4) is 0 Å². The first kappa shape index (κ1) is 66.2. The molecule has 19 heteroatoms. The van der Waals surface area contributed by atoms with Gasteiger partial charge in [0.05, 0.1) is 25.4 Å². The van der Waals surface area contributed by atoms with E-state index in [-0.39, 0.29) is 12.8 Å². The minimum Gasteiger partial charge on any atom is -0.394 e. The van der Waals surface area contributed by atoms with E-state index < -0.39 is 113 Å². The highest BCUT2D eigenvalue weighted by atomic mass is 31.2. The lowest BCUT2D eigenvalue weighted by molar-refractivity contribution is -0.338. The predicted octanol–water partition coefficient (Wildman–Crippen LogP) is 6.25. The zero-order chi connectivity index (χ0) is 52.4. The van der Waals surface area contributed by atoms with E-state index in [1.807, 2.05) is 0 Å². The molecule has 0 aromatic heterocycles. The van der Waals surface area contributed by atoms with Gasteiger partial charge >= 0.3 is 7.82 Å². The number of carbonyl (C=O) groups is 1. The van der Waals surface area contributed by atoms with Crippen LogP contribution in [0.25, 0.3) is 0 Å². The third kappa shape index (κ3) is 27.1. The fraction of sp³-hybridized carbons (Fsp3) is 0.981. The molecule has 0 aromatic carbocycles. The third-order valence-electron chi connectivity index (χ3n) is 14.4. The number of unbranched alkanes of at least 4 members (excludes halogenated alkanes) is 29. The number of hydrogen-bond acceptors (Lipinski definition) is 16. The molecule has 2 aliphatic rings. The molecule has 1 aliphatic carbocycles. The summed E-state index contributed by atoms with van der Waals surface area (Å²) in [7, 11) is -5.41. The van der Waals surface area contributed by atoms with Crippen LogP contribution in [0.1, 0.15) is 226 Å². The number of amides is 1. The summed E-state index contributed by atoms with van der Waals surface area (Å²) >= 11 is 0. The molecule has 0 spiro atoms. The van der Waals surface area contributed by atoms with E-state index in [1.165, 1.54) is 135 Å². The molecule has 1 amide bonds. The van der Waals surface area contributed by atoms with E-state index in [2.05, 4.69) is 19.2 Å². The molecule has 71 heavy (non-hydrogen) atoms. The van der Waals surface area contributed by atoms with Crippen LogP contribution in [0.4, 0.5) is 0 Å². The van der Waals surface area contributed by atoms with E-state index >= 15 is 0 Å². The smallest absolute Gasteiger partial charge is 0.394 e. The lowest BCUT2D eigenvalue weighted by atomic mass is 9.84. The van der Waals surface area contributed by atoms with E-state index in [0.717, 1.165) is 51.4 Å². The second-order valence-corrected chi connectivity index (χ2v) is 22.0. The van der Waals surface area contributed by atoms with Crippen molar-refractivity contribution in [3.05, 3.63) is 0 Å². The Morgan fingerprint density at radius 2 is 0.915 bits per heavy atom. The number of nitrogens with one attached hydrogen (secondary N) is 1. The molecule has 1 aliphatic heterocycles. The fourth-order valence-electron chi connectivity index (χ4n) is 9.66. The van der Waals surface area contributed by atoms with Crippen LogP contribution in [0.2, 0.25) is 0 Å². The first-order chi connectivity index (χ1) is 34.1. The summed E-state index contributed by atoms with van der Waals surface area (Å²) in [4.78, 5) is 24.2. The number of phosphoric ester groups is 1. The molecule has 0 bridgehead atoms. The normalized spacial score (nSPS) is 28.1. The van der Waals surface area contributed by atoms with E-state index in [1.54, 1.807) is 0 Å². The van der Waals surface area contributed by atoms with Crippen LogP contribution in [-0.2, 0) is 27.9 Å². The molecule has 18 nitrogen and oxygen atoms in total. The van der Waals surface area contributed by atoms with Crippen molar-refractivity contribution in [3.8, 4) is 0 Å². The maximum absolute atomic E-state index is 13.5. The zero-order valence-electron chi connectivity index (χ0n) is 43.6. The number of ether oxygens (including phenoxy) is 2. The van der Waals surface area contributed by atoms with Crippen molar-refractivity contribution in [3.63, 3.8) is 0 Å². The Balaban J connectivity index is 1.95. The largest absolute Gasteiger partial charge is 0.472 e. The molecule has 1 saturated heterocycles. The number of aliphatic hydroxyl groups excluding tert-OH is 10. The molecule has 2 rings (SSSR count). The van der Waals surface area contributed by atoms with Crippen LogP contribution >= 0.6 is 7.82 Å². The van der Waals surface area contributed by atoms with Crippen molar-refractivity contribution >= 4 is 13.7 Å². The molecule has 1 saturated carbocycles. The van der Waals surface area contributed by atoms with Crippen LogP contribution in [0.15, 0.2) is 0 Å². The van der Waals surface area contributed by atoms with Crippen molar-refractivity contribution in [2.45, 2.75) is 311 Å². The highest BCUT2D eigenvalue weighted by Crippen LogP contribution is 2.48. The van der Waals surface area contributed by atoms with Gasteiger partial charge in [0.2, 0.25) is 5.91 Å². The number of aliphatic hydroxyl groups is 10. The predicted molar refractivity (Wildman–Crippen MR) is 271 cm³/mol. The average Bonchev–Trinajstić information content (AvgIpc) is 3.35. The summed E-state index contributed by atoms with van der Waals surface area (Å²) in [6.07, 6.45) is 11.3. The molecule has 422 valence electrons. The summed E-state index contributed by atoms with van der Waals surface area (Å²) in [6, 6.07) is -1.41. The van der Waals surface area contributed by atoms with Gasteiger partial charge in [-0.2, -0.15) is 0 Å². The Kier molecular flexibility index (Phi) is 36.8. The third-order valence-corrected chi connectivity index (χ3v) is 15.4. The Morgan fingerprint density at radius 1 is 0.535 bits per heavy atom. The molecule has 12 N–H and O–H groups in total. The SMILES string of the molecule is CCCCCCCCCCCCCCCCCCCC(=O)N[C@@H](COP(=O)(O)O[C@H]1C(O)C(O)C(O)[C@@H](O)C1O[C@H]1O[C@H](CO)[C@@H](O)C(O)C1O)[C@H](O)[C@H](O)CCCCCCCCCCCCCCCC. The molecule has 7 unspecified atom stereocenters. The van der Waals surface area contributed by atoms with Crippen molar-refractivity contribution in [2.75, 3.05) is 13.2 Å². The van der Waals surface area contributed by atoms with Crippen LogP contribution < -0.4 is 5.32 Å². The van der Waals surface area contributed by atoms with E-state index in [4.69, 9.17) is 18.5 Å². The second kappa shape index (κ2) is 39.5. The highest BCUT2D eigenvalue weighted by molar-refractivity contribution is 7.47. The van der Waals surface area contributed by atoms with Crippen LogP contribution in [-0.4, -0.2) is 161 Å². The van der Waals surface area contributed by atoms with Gasteiger partial charge in [0.1, 0.15) is 67.1 Å². The molecule has 15 atom stereocenters. The first-order valence-corrected chi connectivity index (χ1v) is 29.6. The maximum atomic E-state index is 13.5. The van der Waals surface area contributed by atoms with Crippen LogP contribution in [0, 0.1) is 0 Å². The molecular formula is C52H102NO17P. The van der Waals surface area contributed by atoms with Crippen molar-refractivity contribution in [2.24, 2.45) is 0 Å². The Labute approximate surface area is 426 Å². The maximum Gasteiger partial charge on any atom is 0.472 e. The van der Waals surface area contributed by atoms with Gasteiger partial charge in [0.15, 0.2) is 6.29 Å². The lowest BCUT2D eigenvalue weighted by Crippen LogP contribution is -2.67. The number of carbonyl (C=O) groups excluding carboxylic acids is 1. The summed E-state index contributed by atoms with van der Waals surface area (Å²) in [5, 5.41) is 108. The summed E-state index contributed by atoms with van der Waals surface area (Å²) in [6.45, 7) is 2.74. The first-order valence-electron chi connectivity index (χ1n) is 28.1. The number of rotatable bonds is 44. The van der Waals surface area contributed by atoms with Crippen molar-refractivity contribution < 1.29 is 83.8 Å². The van der Waals surface area contributed by atoms with Gasteiger partial charge in [0.25, 0.3) is 0 Å². The fourth-order valence-corrected chi connectivity index (χ4v) is 10.6. The minimum atomic E-state index is -5.41.